The lowest BCUT2D eigenvalue weighted by molar-refractivity contribution is 0.481. The minimum Gasteiger partial charge on any atom is -0.357 e. The van der Waals surface area contributed by atoms with Crippen LogP contribution in [-0.4, -0.2) is 36.6 Å². The van der Waals surface area contributed by atoms with Crippen molar-refractivity contribution in [2.75, 3.05) is 19.3 Å². The van der Waals surface area contributed by atoms with Gasteiger partial charge in [0.15, 0.2) is 5.96 Å². The highest BCUT2D eigenvalue weighted by atomic mass is 32.2. The number of hydrogen-bond acceptors (Lipinski definition) is 2. The second kappa shape index (κ2) is 8.74. The van der Waals surface area contributed by atoms with Crippen LogP contribution >= 0.6 is 11.8 Å². The Morgan fingerprint density at radius 1 is 1.25 bits per heavy atom. The van der Waals surface area contributed by atoms with Crippen LogP contribution in [-0.2, 0) is 0 Å². The van der Waals surface area contributed by atoms with Gasteiger partial charge in [-0.25, -0.2) is 0 Å². The molecule has 0 aromatic carbocycles. The van der Waals surface area contributed by atoms with E-state index >= 15 is 0 Å². The molecule has 0 heterocycles. The second-order valence-corrected chi connectivity index (χ2v) is 5.72. The SMILES string of the molecule is CCNC(=NCC(C)SC)NC(C)C(C)C. The van der Waals surface area contributed by atoms with Gasteiger partial charge >= 0.3 is 0 Å². The molecule has 3 nitrogen and oxygen atoms in total. The van der Waals surface area contributed by atoms with Gasteiger partial charge in [0.05, 0.1) is 6.54 Å². The van der Waals surface area contributed by atoms with Gasteiger partial charge in [-0.1, -0.05) is 20.8 Å². The van der Waals surface area contributed by atoms with Crippen molar-refractivity contribution in [2.24, 2.45) is 10.9 Å². The van der Waals surface area contributed by atoms with Crippen LogP contribution in [0.15, 0.2) is 4.99 Å². The van der Waals surface area contributed by atoms with E-state index in [2.05, 4.69) is 56.5 Å². The molecule has 0 radical (unpaired) electrons. The highest BCUT2D eigenvalue weighted by Crippen LogP contribution is 2.05. The van der Waals surface area contributed by atoms with Crippen LogP contribution in [0, 0.1) is 5.92 Å². The highest BCUT2D eigenvalue weighted by Gasteiger charge is 2.08. The quantitative estimate of drug-likeness (QED) is 0.557. The number of hydrogen-bond donors (Lipinski definition) is 2. The molecule has 2 atom stereocenters. The van der Waals surface area contributed by atoms with E-state index in [1.807, 2.05) is 11.8 Å². The molecular weight excluding hydrogens is 218 g/mol. The molecule has 0 aromatic rings. The summed E-state index contributed by atoms with van der Waals surface area (Å²) in [6.45, 7) is 12.7. The van der Waals surface area contributed by atoms with Crippen molar-refractivity contribution >= 4 is 17.7 Å². The Bertz CT molecular complexity index is 204. The van der Waals surface area contributed by atoms with Crippen molar-refractivity contribution in [2.45, 2.75) is 45.9 Å². The largest absolute Gasteiger partial charge is 0.357 e. The number of thioether (sulfide) groups is 1. The standard InChI is InChI=1S/C12H27N3S/c1-7-13-12(14-8-10(4)16-6)15-11(5)9(2)3/h9-11H,7-8H2,1-6H3,(H2,13,14,15). The molecule has 0 saturated carbocycles. The molecule has 2 unspecified atom stereocenters. The summed E-state index contributed by atoms with van der Waals surface area (Å²) >= 11 is 1.85. The molecule has 0 fully saturated rings. The number of guanidine groups is 1. The second-order valence-electron chi connectivity index (χ2n) is 4.44. The van der Waals surface area contributed by atoms with E-state index in [-0.39, 0.29) is 0 Å². The molecule has 2 N–H and O–H groups in total. The van der Waals surface area contributed by atoms with E-state index in [0.717, 1.165) is 19.0 Å². The monoisotopic (exact) mass is 245 g/mol. The third-order valence-corrected chi connectivity index (χ3v) is 3.57. The molecule has 0 amide bonds. The van der Waals surface area contributed by atoms with E-state index in [4.69, 9.17) is 0 Å². The van der Waals surface area contributed by atoms with Crippen LogP contribution < -0.4 is 10.6 Å². The number of aliphatic imine (C=N–C) groups is 1. The Labute approximate surface area is 105 Å². The minimum absolute atomic E-state index is 0.447. The Balaban J connectivity index is 4.24. The predicted molar refractivity (Wildman–Crippen MR) is 76.4 cm³/mol. The molecule has 0 aliphatic rings. The summed E-state index contributed by atoms with van der Waals surface area (Å²) in [4.78, 5) is 4.58. The molecule has 0 aliphatic heterocycles. The Hall–Kier alpha value is -0.380. The maximum atomic E-state index is 4.58. The molecule has 0 rings (SSSR count). The summed E-state index contributed by atoms with van der Waals surface area (Å²) in [5.74, 6) is 1.55. The molecule has 0 aromatic heterocycles. The first-order valence-electron chi connectivity index (χ1n) is 6.08. The molecule has 4 heteroatoms. The van der Waals surface area contributed by atoms with Gasteiger partial charge in [-0.2, -0.15) is 11.8 Å². The lowest BCUT2D eigenvalue weighted by Crippen LogP contribution is -2.44. The van der Waals surface area contributed by atoms with Crippen molar-refractivity contribution in [1.29, 1.82) is 0 Å². The summed E-state index contributed by atoms with van der Waals surface area (Å²) < 4.78 is 0. The van der Waals surface area contributed by atoms with E-state index < -0.39 is 0 Å². The average molecular weight is 245 g/mol. The van der Waals surface area contributed by atoms with Crippen LogP contribution in [0.4, 0.5) is 0 Å². The minimum atomic E-state index is 0.447. The molecule has 0 bridgehead atoms. The normalized spacial score (nSPS) is 16.1. The van der Waals surface area contributed by atoms with Crippen molar-refractivity contribution in [3.63, 3.8) is 0 Å². The van der Waals surface area contributed by atoms with Crippen LogP contribution in [0.2, 0.25) is 0 Å². The first-order valence-corrected chi connectivity index (χ1v) is 7.37. The molecule has 0 saturated heterocycles. The zero-order valence-electron chi connectivity index (χ0n) is 11.5. The lowest BCUT2D eigenvalue weighted by Gasteiger charge is -2.21. The Kier molecular flexibility index (Phi) is 8.53. The van der Waals surface area contributed by atoms with Crippen LogP contribution in [0.1, 0.15) is 34.6 Å². The van der Waals surface area contributed by atoms with Gasteiger partial charge in [-0.15, -0.1) is 0 Å². The van der Waals surface area contributed by atoms with Crippen LogP contribution in [0.25, 0.3) is 0 Å². The smallest absolute Gasteiger partial charge is 0.191 e. The first-order chi connectivity index (χ1) is 7.51. The summed E-state index contributed by atoms with van der Waals surface area (Å²) in [7, 11) is 0. The van der Waals surface area contributed by atoms with Gasteiger partial charge in [0.25, 0.3) is 0 Å². The van der Waals surface area contributed by atoms with Gasteiger partial charge in [0, 0.05) is 17.8 Å². The average Bonchev–Trinajstić information content (AvgIpc) is 2.25. The molecule has 96 valence electrons. The lowest BCUT2D eigenvalue weighted by atomic mass is 10.1. The fourth-order valence-corrected chi connectivity index (χ4v) is 1.22. The maximum Gasteiger partial charge on any atom is 0.191 e. The van der Waals surface area contributed by atoms with E-state index in [9.17, 15) is 0 Å². The zero-order valence-corrected chi connectivity index (χ0v) is 12.3. The topological polar surface area (TPSA) is 36.4 Å². The van der Waals surface area contributed by atoms with Crippen molar-refractivity contribution < 1.29 is 0 Å². The van der Waals surface area contributed by atoms with Gasteiger partial charge in [-0.3, -0.25) is 4.99 Å². The number of rotatable bonds is 6. The summed E-state index contributed by atoms with van der Waals surface area (Å²) in [6.07, 6.45) is 2.12. The molecular formula is C12H27N3S. The fourth-order valence-electron chi connectivity index (χ4n) is 0.997. The fraction of sp³-hybridized carbons (Fsp3) is 0.917. The summed E-state index contributed by atoms with van der Waals surface area (Å²) in [5, 5.41) is 7.28. The molecule has 0 aliphatic carbocycles. The third kappa shape index (κ3) is 6.99. The third-order valence-electron chi connectivity index (χ3n) is 2.62. The Morgan fingerprint density at radius 3 is 2.31 bits per heavy atom. The zero-order chi connectivity index (χ0) is 12.6. The molecule has 16 heavy (non-hydrogen) atoms. The van der Waals surface area contributed by atoms with Crippen molar-refractivity contribution in [1.82, 2.24) is 10.6 Å². The Morgan fingerprint density at radius 2 is 1.88 bits per heavy atom. The van der Waals surface area contributed by atoms with Gasteiger partial charge in [0.1, 0.15) is 0 Å². The van der Waals surface area contributed by atoms with Gasteiger partial charge in [-0.05, 0) is 26.0 Å². The summed E-state index contributed by atoms with van der Waals surface area (Å²) in [6, 6.07) is 0.447. The number of nitrogens with one attached hydrogen (secondary N) is 2. The predicted octanol–water partition coefficient (Wildman–Crippen LogP) is 2.34. The van der Waals surface area contributed by atoms with E-state index in [1.54, 1.807) is 0 Å². The summed E-state index contributed by atoms with van der Waals surface area (Å²) in [5.41, 5.74) is 0. The number of nitrogens with zero attached hydrogens (tertiary/aromatic N) is 1. The van der Waals surface area contributed by atoms with Gasteiger partial charge in [0.2, 0.25) is 0 Å². The van der Waals surface area contributed by atoms with E-state index in [1.165, 1.54) is 0 Å². The van der Waals surface area contributed by atoms with Crippen LogP contribution in [0.3, 0.4) is 0 Å². The maximum absolute atomic E-state index is 4.58. The van der Waals surface area contributed by atoms with Crippen LogP contribution in [0.5, 0.6) is 0 Å². The van der Waals surface area contributed by atoms with E-state index in [0.29, 0.717) is 17.2 Å². The molecule has 0 spiro atoms. The highest BCUT2D eigenvalue weighted by molar-refractivity contribution is 7.99. The first kappa shape index (κ1) is 15.6. The van der Waals surface area contributed by atoms with Crippen molar-refractivity contribution in [3.8, 4) is 0 Å². The van der Waals surface area contributed by atoms with Crippen molar-refractivity contribution in [3.05, 3.63) is 0 Å². The van der Waals surface area contributed by atoms with Gasteiger partial charge < -0.3 is 10.6 Å².